The van der Waals surface area contributed by atoms with Crippen molar-refractivity contribution in [2.24, 2.45) is 0 Å². The first-order valence-corrected chi connectivity index (χ1v) is 11.6. The lowest BCUT2D eigenvalue weighted by molar-refractivity contribution is 0.0919. The Hall–Kier alpha value is -2.14. The minimum atomic E-state index is -3.17. The van der Waals surface area contributed by atoms with Gasteiger partial charge >= 0.3 is 0 Å². The van der Waals surface area contributed by atoms with Gasteiger partial charge in [0, 0.05) is 11.1 Å². The number of carbonyl (C=O) groups is 1. The maximum atomic E-state index is 12.3. The van der Waals surface area contributed by atoms with Gasteiger partial charge in [0.05, 0.1) is 10.5 Å². The molecule has 2 aromatic rings. The third-order valence-electron chi connectivity index (χ3n) is 4.72. The maximum absolute atomic E-state index is 12.3. The largest absolute Gasteiger partial charge is 0.347 e. The number of amides is 1. The Morgan fingerprint density at radius 2 is 1.17 bits per heavy atom. The fraction of sp³-hybridized carbons (Fsp3) is 0.458. The molecule has 29 heavy (non-hydrogen) atoms. The van der Waals surface area contributed by atoms with Gasteiger partial charge in [-0.25, -0.2) is 8.42 Å². The van der Waals surface area contributed by atoms with E-state index in [2.05, 4.69) is 5.32 Å². The summed E-state index contributed by atoms with van der Waals surface area (Å²) in [5, 5.41) is 2.96. The van der Waals surface area contributed by atoms with Gasteiger partial charge in [0.15, 0.2) is 9.84 Å². The summed E-state index contributed by atoms with van der Waals surface area (Å²) < 4.78 is 23.9. The van der Waals surface area contributed by atoms with Gasteiger partial charge < -0.3 is 5.32 Å². The van der Waals surface area contributed by atoms with Gasteiger partial charge in [-0.3, -0.25) is 4.79 Å². The maximum Gasteiger partial charge on any atom is 0.251 e. The van der Waals surface area contributed by atoms with Crippen molar-refractivity contribution in [2.75, 3.05) is 0 Å². The van der Waals surface area contributed by atoms with E-state index in [1.54, 1.807) is 20.8 Å². The molecular formula is C24H33NO3S. The van der Waals surface area contributed by atoms with Crippen molar-refractivity contribution in [3.05, 3.63) is 70.8 Å². The average molecular weight is 416 g/mol. The Kier molecular flexibility index (Phi) is 6.94. The minimum Gasteiger partial charge on any atom is -0.347 e. The summed E-state index contributed by atoms with van der Waals surface area (Å²) in [5.41, 5.74) is 3.55. The number of sulfone groups is 1. The highest BCUT2D eigenvalue weighted by Crippen LogP contribution is 2.21. The summed E-state index contributed by atoms with van der Waals surface area (Å²) in [4.78, 5) is 12.2. The number of aryl methyl sites for hydroxylation is 2. The number of benzene rings is 2. The standard InChI is InChI=1S/C24H33NO3S/c1-23(2,3)25-22(26)21-15-13-19(14-16-21)8-7-18-9-11-20(12-10-18)17-29(27,28)24(4,5)6/h9-16H,7-8,17H2,1-6H3,(H,25,26). The zero-order valence-electron chi connectivity index (χ0n) is 18.4. The van der Waals surface area contributed by atoms with Gasteiger partial charge in [0.1, 0.15) is 0 Å². The van der Waals surface area contributed by atoms with Crippen molar-refractivity contribution in [3.63, 3.8) is 0 Å². The van der Waals surface area contributed by atoms with Crippen LogP contribution in [0.15, 0.2) is 48.5 Å². The first-order valence-electron chi connectivity index (χ1n) is 9.98. The molecule has 0 fully saturated rings. The van der Waals surface area contributed by atoms with Gasteiger partial charge in [0.2, 0.25) is 0 Å². The van der Waals surface area contributed by atoms with Crippen molar-refractivity contribution in [1.29, 1.82) is 0 Å². The SMILES string of the molecule is CC(C)(C)NC(=O)c1ccc(CCc2ccc(CS(=O)(=O)C(C)(C)C)cc2)cc1. The molecule has 5 heteroatoms. The third-order valence-corrected chi connectivity index (χ3v) is 7.30. The predicted molar refractivity (Wildman–Crippen MR) is 120 cm³/mol. The number of hydrogen-bond acceptors (Lipinski definition) is 3. The number of hydrogen-bond donors (Lipinski definition) is 1. The Balaban J connectivity index is 1.94. The molecule has 0 aliphatic heterocycles. The van der Waals surface area contributed by atoms with Crippen molar-refractivity contribution >= 4 is 15.7 Å². The van der Waals surface area contributed by atoms with E-state index in [1.165, 1.54) is 0 Å². The average Bonchev–Trinajstić information content (AvgIpc) is 2.59. The molecular weight excluding hydrogens is 382 g/mol. The van der Waals surface area contributed by atoms with Crippen LogP contribution in [0.2, 0.25) is 0 Å². The molecule has 0 spiro atoms. The fourth-order valence-electron chi connectivity index (χ4n) is 2.76. The highest BCUT2D eigenvalue weighted by molar-refractivity contribution is 7.91. The predicted octanol–water partition coefficient (Wildman–Crippen LogP) is 4.71. The number of carbonyl (C=O) groups excluding carboxylic acids is 1. The molecule has 2 rings (SSSR count). The molecule has 0 bridgehead atoms. The van der Waals surface area contributed by atoms with E-state index in [0.717, 1.165) is 29.5 Å². The zero-order valence-corrected chi connectivity index (χ0v) is 19.2. The monoisotopic (exact) mass is 415 g/mol. The second kappa shape index (κ2) is 8.70. The molecule has 158 valence electrons. The van der Waals surface area contributed by atoms with E-state index in [4.69, 9.17) is 0 Å². The van der Waals surface area contributed by atoms with E-state index in [-0.39, 0.29) is 17.2 Å². The van der Waals surface area contributed by atoms with Crippen molar-refractivity contribution in [1.82, 2.24) is 5.32 Å². The third kappa shape index (κ3) is 7.00. The van der Waals surface area contributed by atoms with Crippen molar-refractivity contribution in [3.8, 4) is 0 Å². The van der Waals surface area contributed by atoms with Gasteiger partial charge in [-0.15, -0.1) is 0 Å². The van der Waals surface area contributed by atoms with Crippen LogP contribution < -0.4 is 5.32 Å². The van der Waals surface area contributed by atoms with Gasteiger partial charge in [-0.1, -0.05) is 36.4 Å². The molecule has 1 amide bonds. The highest BCUT2D eigenvalue weighted by atomic mass is 32.2. The zero-order chi connectivity index (χ0) is 21.9. The van der Waals surface area contributed by atoms with Crippen LogP contribution in [0, 0.1) is 0 Å². The van der Waals surface area contributed by atoms with E-state index in [9.17, 15) is 13.2 Å². The fourth-order valence-corrected chi connectivity index (χ4v) is 3.83. The topological polar surface area (TPSA) is 63.2 Å². The summed E-state index contributed by atoms with van der Waals surface area (Å²) >= 11 is 0. The molecule has 0 aliphatic carbocycles. The summed E-state index contributed by atoms with van der Waals surface area (Å²) in [7, 11) is -3.17. The molecule has 0 aromatic heterocycles. The summed E-state index contributed by atoms with van der Waals surface area (Å²) in [6.45, 7) is 11.1. The quantitative estimate of drug-likeness (QED) is 0.743. The normalized spacial score (nSPS) is 12.6. The van der Waals surface area contributed by atoms with E-state index < -0.39 is 14.6 Å². The summed E-state index contributed by atoms with van der Waals surface area (Å²) in [5.74, 6) is -0.000599. The van der Waals surface area contributed by atoms with Crippen LogP contribution in [0.25, 0.3) is 0 Å². The molecule has 0 radical (unpaired) electrons. The van der Waals surface area contributed by atoms with E-state index >= 15 is 0 Å². The lowest BCUT2D eigenvalue weighted by atomic mass is 10.0. The van der Waals surface area contributed by atoms with E-state index in [0.29, 0.717) is 5.56 Å². The summed E-state index contributed by atoms with van der Waals surface area (Å²) in [6, 6.07) is 15.5. The van der Waals surface area contributed by atoms with Crippen LogP contribution in [0.5, 0.6) is 0 Å². The first-order chi connectivity index (χ1) is 13.3. The van der Waals surface area contributed by atoms with Crippen LogP contribution in [0.3, 0.4) is 0 Å². The molecule has 0 heterocycles. The summed E-state index contributed by atoms with van der Waals surface area (Å²) in [6.07, 6.45) is 1.72. The lowest BCUT2D eigenvalue weighted by Crippen LogP contribution is -2.40. The second-order valence-corrected chi connectivity index (χ2v) is 12.3. The molecule has 2 aromatic carbocycles. The second-order valence-electron chi connectivity index (χ2n) is 9.59. The van der Waals surface area contributed by atoms with Crippen LogP contribution >= 0.6 is 0 Å². The van der Waals surface area contributed by atoms with Crippen LogP contribution in [-0.4, -0.2) is 24.6 Å². The van der Waals surface area contributed by atoms with Crippen LogP contribution in [-0.2, 0) is 28.4 Å². The molecule has 4 nitrogen and oxygen atoms in total. The molecule has 0 unspecified atom stereocenters. The Bertz CT molecular complexity index is 930. The van der Waals surface area contributed by atoms with E-state index in [1.807, 2.05) is 69.3 Å². The van der Waals surface area contributed by atoms with Gasteiger partial charge in [0.25, 0.3) is 5.91 Å². The smallest absolute Gasteiger partial charge is 0.251 e. The highest BCUT2D eigenvalue weighted by Gasteiger charge is 2.28. The molecule has 0 atom stereocenters. The van der Waals surface area contributed by atoms with Gasteiger partial charge in [-0.2, -0.15) is 0 Å². The van der Waals surface area contributed by atoms with Crippen molar-refractivity contribution < 1.29 is 13.2 Å². The minimum absolute atomic E-state index is 0.0644. The first kappa shape index (κ1) is 23.1. The van der Waals surface area contributed by atoms with Gasteiger partial charge in [-0.05, 0) is 83.2 Å². The lowest BCUT2D eigenvalue weighted by Gasteiger charge is -2.20. The Labute approximate surface area is 175 Å². The number of rotatable bonds is 6. The Morgan fingerprint density at radius 3 is 1.59 bits per heavy atom. The van der Waals surface area contributed by atoms with Crippen molar-refractivity contribution in [2.45, 2.75) is 70.4 Å². The molecule has 0 aliphatic rings. The Morgan fingerprint density at radius 1 is 0.759 bits per heavy atom. The van der Waals surface area contributed by atoms with Crippen LogP contribution in [0.4, 0.5) is 0 Å². The van der Waals surface area contributed by atoms with Crippen LogP contribution in [0.1, 0.15) is 68.6 Å². The molecule has 0 saturated heterocycles. The molecule has 0 saturated carbocycles. The molecule has 1 N–H and O–H groups in total. The number of nitrogens with one attached hydrogen (secondary N) is 1.